The lowest BCUT2D eigenvalue weighted by Crippen LogP contribution is -2.48. The molecule has 0 aliphatic carbocycles. The average molecular weight is 437 g/mol. The Hall–Kier alpha value is -0.570. The first-order valence-electron chi connectivity index (χ1n) is 14.1. The number of rotatable bonds is 18. The van der Waals surface area contributed by atoms with Crippen LogP contribution in [-0.4, -0.2) is 48.4 Å². The predicted molar refractivity (Wildman–Crippen MR) is 137 cm³/mol. The van der Waals surface area contributed by atoms with Gasteiger partial charge in [0.05, 0.1) is 0 Å². The molecule has 0 radical (unpaired) electrons. The number of amides is 1. The molecule has 3 heteroatoms. The summed E-state index contributed by atoms with van der Waals surface area (Å²) in [6.07, 6.45) is 20.5. The van der Waals surface area contributed by atoms with Gasteiger partial charge in [-0.05, 0) is 44.4 Å². The Morgan fingerprint density at radius 2 is 1.35 bits per heavy atom. The van der Waals surface area contributed by atoms with Crippen LogP contribution in [0.4, 0.5) is 0 Å². The summed E-state index contributed by atoms with van der Waals surface area (Å²) in [6.45, 7) is 12.7. The van der Waals surface area contributed by atoms with Crippen LogP contribution in [0.2, 0.25) is 0 Å². The van der Waals surface area contributed by atoms with Crippen LogP contribution < -0.4 is 0 Å². The molecule has 0 aromatic carbocycles. The van der Waals surface area contributed by atoms with Crippen LogP contribution in [0.1, 0.15) is 130 Å². The number of unbranched alkanes of at least 4 members (excludes halogenated alkanes) is 7. The summed E-state index contributed by atoms with van der Waals surface area (Å²) in [6, 6.07) is 0.451. The predicted octanol–water partition coefficient (Wildman–Crippen LogP) is 7.68. The zero-order chi connectivity index (χ0) is 22.9. The van der Waals surface area contributed by atoms with Crippen molar-refractivity contribution < 1.29 is 4.79 Å². The van der Waals surface area contributed by atoms with Gasteiger partial charge in [-0.2, -0.15) is 0 Å². The molecule has 0 aromatic rings. The molecule has 1 amide bonds. The Morgan fingerprint density at radius 1 is 0.806 bits per heavy atom. The van der Waals surface area contributed by atoms with Crippen LogP contribution >= 0.6 is 0 Å². The SMILES string of the molecule is CCCCCCC(CCCC)CN1CCC(N(C)C(=O)C(CC)CCCCCC)CC1. The minimum Gasteiger partial charge on any atom is -0.342 e. The number of likely N-dealkylation sites (tertiary alicyclic amines) is 1. The fraction of sp³-hybridized carbons (Fsp3) is 0.964. The molecule has 1 saturated heterocycles. The van der Waals surface area contributed by atoms with E-state index in [4.69, 9.17) is 0 Å². The lowest BCUT2D eigenvalue weighted by molar-refractivity contribution is -0.137. The van der Waals surface area contributed by atoms with Gasteiger partial charge in [0.2, 0.25) is 5.91 Å². The molecular weight excluding hydrogens is 380 g/mol. The topological polar surface area (TPSA) is 23.6 Å². The van der Waals surface area contributed by atoms with Gasteiger partial charge in [0.15, 0.2) is 0 Å². The summed E-state index contributed by atoms with van der Waals surface area (Å²) in [4.78, 5) is 17.9. The molecule has 184 valence electrons. The molecule has 0 N–H and O–H groups in total. The Labute approximate surface area is 195 Å². The van der Waals surface area contributed by atoms with Crippen molar-refractivity contribution in [3.63, 3.8) is 0 Å². The zero-order valence-electron chi connectivity index (χ0n) is 22.0. The van der Waals surface area contributed by atoms with Crippen LogP contribution in [0.3, 0.4) is 0 Å². The first-order chi connectivity index (χ1) is 15.1. The Balaban J connectivity index is 2.42. The number of hydrogen-bond acceptors (Lipinski definition) is 2. The maximum atomic E-state index is 13.1. The van der Waals surface area contributed by atoms with E-state index in [2.05, 4.69) is 44.5 Å². The molecule has 0 spiro atoms. The lowest BCUT2D eigenvalue weighted by Gasteiger charge is -2.39. The van der Waals surface area contributed by atoms with Crippen LogP contribution in [0.25, 0.3) is 0 Å². The van der Waals surface area contributed by atoms with Crippen LogP contribution in [0.5, 0.6) is 0 Å². The van der Waals surface area contributed by atoms with Crippen molar-refractivity contribution in [2.45, 2.75) is 136 Å². The summed E-state index contributed by atoms with van der Waals surface area (Å²) in [5, 5.41) is 0. The molecule has 2 unspecified atom stereocenters. The smallest absolute Gasteiger partial charge is 0.225 e. The summed E-state index contributed by atoms with van der Waals surface area (Å²) in [7, 11) is 2.08. The Morgan fingerprint density at radius 3 is 1.90 bits per heavy atom. The van der Waals surface area contributed by atoms with E-state index in [0.29, 0.717) is 11.9 Å². The minimum absolute atomic E-state index is 0.237. The Kier molecular flexibility index (Phi) is 16.5. The van der Waals surface area contributed by atoms with Crippen molar-refractivity contribution in [1.82, 2.24) is 9.80 Å². The molecule has 0 bridgehead atoms. The first kappa shape index (κ1) is 28.5. The van der Waals surface area contributed by atoms with E-state index in [1.165, 1.54) is 96.7 Å². The van der Waals surface area contributed by atoms with Gasteiger partial charge >= 0.3 is 0 Å². The highest BCUT2D eigenvalue weighted by Gasteiger charge is 2.29. The van der Waals surface area contributed by atoms with Gasteiger partial charge in [-0.15, -0.1) is 0 Å². The number of hydrogen-bond donors (Lipinski definition) is 0. The third-order valence-electron chi connectivity index (χ3n) is 7.65. The molecule has 1 heterocycles. The van der Waals surface area contributed by atoms with Crippen molar-refractivity contribution in [2.24, 2.45) is 11.8 Å². The van der Waals surface area contributed by atoms with E-state index in [9.17, 15) is 4.79 Å². The van der Waals surface area contributed by atoms with Crippen molar-refractivity contribution in [3.05, 3.63) is 0 Å². The van der Waals surface area contributed by atoms with E-state index >= 15 is 0 Å². The molecule has 0 saturated carbocycles. The standard InChI is InChI=1S/C28H56N2O/c1-6-10-13-15-18-25(17-12-8-3)24-30-22-20-27(21-23-30)29(5)28(31)26(9-4)19-16-14-11-7-2/h25-27H,6-24H2,1-5H3. The van der Waals surface area contributed by atoms with Gasteiger partial charge in [-0.1, -0.05) is 91.9 Å². The summed E-state index contributed by atoms with van der Waals surface area (Å²) >= 11 is 0. The summed E-state index contributed by atoms with van der Waals surface area (Å²) < 4.78 is 0. The largest absolute Gasteiger partial charge is 0.342 e. The first-order valence-corrected chi connectivity index (χ1v) is 14.1. The highest BCUT2D eigenvalue weighted by molar-refractivity contribution is 5.78. The van der Waals surface area contributed by atoms with Gasteiger partial charge in [-0.25, -0.2) is 0 Å². The third kappa shape index (κ3) is 11.7. The summed E-state index contributed by atoms with van der Waals surface area (Å²) in [5.41, 5.74) is 0. The van der Waals surface area contributed by atoms with Gasteiger partial charge in [0.25, 0.3) is 0 Å². The van der Waals surface area contributed by atoms with E-state index < -0.39 is 0 Å². The molecule has 1 rings (SSSR count). The van der Waals surface area contributed by atoms with Crippen LogP contribution in [-0.2, 0) is 4.79 Å². The number of carbonyl (C=O) groups excluding carboxylic acids is 1. The van der Waals surface area contributed by atoms with Gasteiger partial charge in [-0.3, -0.25) is 4.79 Å². The second-order valence-corrected chi connectivity index (χ2v) is 10.3. The second kappa shape index (κ2) is 17.9. The van der Waals surface area contributed by atoms with E-state index in [1.807, 2.05) is 0 Å². The maximum Gasteiger partial charge on any atom is 0.225 e. The van der Waals surface area contributed by atoms with E-state index in [0.717, 1.165) is 31.6 Å². The fourth-order valence-electron chi connectivity index (χ4n) is 5.32. The molecule has 1 aliphatic heterocycles. The van der Waals surface area contributed by atoms with Crippen molar-refractivity contribution in [2.75, 3.05) is 26.7 Å². The number of nitrogens with zero attached hydrogens (tertiary/aromatic N) is 2. The highest BCUT2D eigenvalue weighted by atomic mass is 16.2. The number of piperidine rings is 1. The maximum absolute atomic E-state index is 13.1. The second-order valence-electron chi connectivity index (χ2n) is 10.3. The highest BCUT2D eigenvalue weighted by Crippen LogP contribution is 2.24. The van der Waals surface area contributed by atoms with Crippen molar-refractivity contribution in [1.29, 1.82) is 0 Å². The lowest BCUT2D eigenvalue weighted by atomic mass is 9.92. The van der Waals surface area contributed by atoms with E-state index in [-0.39, 0.29) is 5.92 Å². The zero-order valence-corrected chi connectivity index (χ0v) is 22.0. The van der Waals surface area contributed by atoms with Gasteiger partial charge in [0, 0.05) is 38.6 Å². The van der Waals surface area contributed by atoms with E-state index in [1.54, 1.807) is 0 Å². The molecule has 0 aromatic heterocycles. The Bertz CT molecular complexity index is 431. The van der Waals surface area contributed by atoms with Gasteiger partial charge < -0.3 is 9.80 Å². The third-order valence-corrected chi connectivity index (χ3v) is 7.65. The quantitative estimate of drug-likeness (QED) is 0.206. The normalized spacial score (nSPS) is 17.6. The molecule has 3 nitrogen and oxygen atoms in total. The average Bonchev–Trinajstić information content (AvgIpc) is 2.79. The molecule has 1 aliphatic rings. The monoisotopic (exact) mass is 436 g/mol. The molecular formula is C28H56N2O. The summed E-state index contributed by atoms with van der Waals surface area (Å²) in [5.74, 6) is 1.52. The molecule has 2 atom stereocenters. The van der Waals surface area contributed by atoms with Crippen molar-refractivity contribution in [3.8, 4) is 0 Å². The van der Waals surface area contributed by atoms with Crippen LogP contribution in [0.15, 0.2) is 0 Å². The van der Waals surface area contributed by atoms with Crippen molar-refractivity contribution >= 4 is 5.91 Å². The number of carbonyl (C=O) groups is 1. The van der Waals surface area contributed by atoms with Crippen LogP contribution in [0, 0.1) is 11.8 Å². The minimum atomic E-state index is 0.237. The fourth-order valence-corrected chi connectivity index (χ4v) is 5.32. The molecule has 31 heavy (non-hydrogen) atoms. The van der Waals surface area contributed by atoms with Gasteiger partial charge in [0.1, 0.15) is 0 Å². The molecule has 1 fully saturated rings.